The van der Waals surface area contributed by atoms with Crippen molar-refractivity contribution < 1.29 is 4.79 Å². The average molecular weight is 396 g/mol. The normalized spacial score (nSPS) is 13.4. The van der Waals surface area contributed by atoms with Gasteiger partial charge in [0.1, 0.15) is 4.66 Å². The molecule has 0 bridgehead atoms. The number of carbonyl (C=O) groups excluding carboxylic acids is 1. The number of ketones is 1. The molecule has 2 aromatic heterocycles. The second kappa shape index (κ2) is 7.36. The molecule has 0 unspecified atom stereocenters. The summed E-state index contributed by atoms with van der Waals surface area (Å²) in [6, 6.07) is 9.91. The quantitative estimate of drug-likeness (QED) is 0.685. The molecule has 0 N–H and O–H groups in total. The lowest BCUT2D eigenvalue weighted by molar-refractivity contribution is -0.120. The maximum atomic E-state index is 12.7. The predicted molar refractivity (Wildman–Crippen MR) is 114 cm³/mol. The van der Waals surface area contributed by atoms with Gasteiger partial charge < -0.3 is 4.57 Å². The number of hydrogen-bond acceptors (Lipinski definition) is 4. The van der Waals surface area contributed by atoms with Gasteiger partial charge in [-0.1, -0.05) is 39.0 Å². The molecule has 6 heteroatoms. The van der Waals surface area contributed by atoms with E-state index >= 15 is 0 Å². The van der Waals surface area contributed by atoms with E-state index in [1.807, 2.05) is 75.7 Å². The van der Waals surface area contributed by atoms with Crippen LogP contribution < -0.4 is 14.8 Å². The Morgan fingerprint density at radius 2 is 1.79 bits per heavy atom. The SMILES string of the molecule is Cc1nn(-c2ccccc2)c(C)c1/C=c1\s/c(=C\C(=O)C(C)(C)C)n(C)c1=O. The minimum absolute atomic E-state index is 0.000147. The van der Waals surface area contributed by atoms with E-state index in [4.69, 9.17) is 0 Å². The maximum Gasteiger partial charge on any atom is 0.268 e. The Morgan fingerprint density at radius 3 is 2.39 bits per heavy atom. The Kier molecular flexibility index (Phi) is 5.26. The van der Waals surface area contributed by atoms with E-state index in [-0.39, 0.29) is 11.3 Å². The third kappa shape index (κ3) is 3.78. The van der Waals surface area contributed by atoms with Gasteiger partial charge in [0.05, 0.1) is 15.9 Å². The number of aryl methyl sites for hydroxylation is 1. The maximum absolute atomic E-state index is 12.7. The zero-order valence-electron chi connectivity index (χ0n) is 17.1. The van der Waals surface area contributed by atoms with Crippen LogP contribution in [0.4, 0.5) is 0 Å². The molecule has 3 aromatic rings. The van der Waals surface area contributed by atoms with E-state index < -0.39 is 5.41 Å². The van der Waals surface area contributed by atoms with Crippen LogP contribution >= 0.6 is 11.3 Å². The highest BCUT2D eigenvalue weighted by molar-refractivity contribution is 7.07. The fourth-order valence-electron chi connectivity index (χ4n) is 2.85. The number of para-hydroxylation sites is 1. The summed E-state index contributed by atoms with van der Waals surface area (Å²) in [6.07, 6.45) is 3.44. The summed E-state index contributed by atoms with van der Waals surface area (Å²) in [7, 11) is 1.70. The van der Waals surface area contributed by atoms with Crippen LogP contribution in [0.5, 0.6) is 0 Å². The molecule has 146 valence electrons. The fraction of sp³-hybridized carbons (Fsp3) is 0.318. The van der Waals surface area contributed by atoms with Crippen LogP contribution in [0.25, 0.3) is 17.8 Å². The summed E-state index contributed by atoms with van der Waals surface area (Å²) >= 11 is 1.33. The van der Waals surface area contributed by atoms with Gasteiger partial charge >= 0.3 is 0 Å². The highest BCUT2D eigenvalue weighted by Gasteiger charge is 2.19. The van der Waals surface area contributed by atoms with Crippen molar-refractivity contribution in [2.24, 2.45) is 12.5 Å². The molecule has 5 nitrogen and oxygen atoms in total. The standard InChI is InChI=1S/C22H25N3O2S/c1-14-17(15(2)25(23-14)16-10-8-7-9-11-16)12-18-21(27)24(6)20(28-18)13-19(26)22(3,4)5/h7-13H,1-6H3/b18-12-,20-13-. The molecular weight excluding hydrogens is 370 g/mol. The van der Waals surface area contributed by atoms with Crippen molar-refractivity contribution in [1.82, 2.24) is 14.3 Å². The zero-order valence-corrected chi connectivity index (χ0v) is 17.9. The highest BCUT2D eigenvalue weighted by atomic mass is 32.1. The zero-order chi connectivity index (χ0) is 20.6. The molecule has 0 spiro atoms. The monoisotopic (exact) mass is 395 g/mol. The summed E-state index contributed by atoms with van der Waals surface area (Å²) < 4.78 is 4.66. The third-order valence-corrected chi connectivity index (χ3v) is 5.79. The van der Waals surface area contributed by atoms with Gasteiger partial charge in [-0.15, -0.1) is 11.3 Å². The summed E-state index contributed by atoms with van der Waals surface area (Å²) in [5, 5.41) is 4.64. The third-order valence-electron chi connectivity index (χ3n) is 4.68. The number of aromatic nitrogens is 3. The Labute approximate surface area is 168 Å². The van der Waals surface area contributed by atoms with Crippen molar-refractivity contribution >= 4 is 29.3 Å². The topological polar surface area (TPSA) is 56.9 Å². The molecule has 28 heavy (non-hydrogen) atoms. The van der Waals surface area contributed by atoms with Crippen LogP contribution in [-0.4, -0.2) is 20.1 Å². The van der Waals surface area contributed by atoms with E-state index in [1.54, 1.807) is 13.1 Å². The van der Waals surface area contributed by atoms with Crippen molar-refractivity contribution in [1.29, 1.82) is 0 Å². The Bertz CT molecular complexity index is 1210. The van der Waals surface area contributed by atoms with Gasteiger partial charge in [0.2, 0.25) is 0 Å². The van der Waals surface area contributed by atoms with Crippen LogP contribution in [0.3, 0.4) is 0 Å². The molecule has 0 fully saturated rings. The van der Waals surface area contributed by atoms with E-state index in [0.29, 0.717) is 9.20 Å². The second-order valence-electron chi connectivity index (χ2n) is 7.90. The second-order valence-corrected chi connectivity index (χ2v) is 8.97. The van der Waals surface area contributed by atoms with Crippen molar-refractivity contribution in [3.05, 3.63) is 66.8 Å². The first-order valence-corrected chi connectivity index (χ1v) is 9.96. The van der Waals surface area contributed by atoms with Gasteiger partial charge in [-0.25, -0.2) is 4.68 Å². The van der Waals surface area contributed by atoms with Crippen molar-refractivity contribution in [3.8, 4) is 5.69 Å². The molecule has 0 amide bonds. The summed E-state index contributed by atoms with van der Waals surface area (Å²) in [6.45, 7) is 9.54. The molecule has 0 saturated carbocycles. The molecule has 1 aromatic carbocycles. The lowest BCUT2D eigenvalue weighted by atomic mass is 9.91. The van der Waals surface area contributed by atoms with E-state index in [9.17, 15) is 9.59 Å². The number of carbonyl (C=O) groups is 1. The molecule has 0 aliphatic carbocycles. The summed E-state index contributed by atoms with van der Waals surface area (Å²) in [5.41, 5.74) is 3.14. The van der Waals surface area contributed by atoms with Gasteiger partial charge in [0.25, 0.3) is 5.56 Å². The molecular formula is C22H25N3O2S. The van der Waals surface area contributed by atoms with Crippen molar-refractivity contribution in [2.75, 3.05) is 0 Å². The number of thiazole rings is 1. The predicted octanol–water partition coefficient (Wildman–Crippen LogP) is 2.47. The van der Waals surface area contributed by atoms with Gasteiger partial charge in [0, 0.05) is 29.8 Å². The minimum atomic E-state index is -0.478. The van der Waals surface area contributed by atoms with Gasteiger partial charge in [-0.2, -0.15) is 5.10 Å². The highest BCUT2D eigenvalue weighted by Crippen LogP contribution is 2.18. The summed E-state index contributed by atoms with van der Waals surface area (Å²) in [4.78, 5) is 25.1. The molecule has 3 rings (SSSR count). The van der Waals surface area contributed by atoms with Crippen LogP contribution in [0.2, 0.25) is 0 Å². The Morgan fingerprint density at radius 1 is 1.14 bits per heavy atom. The molecule has 2 heterocycles. The number of Topliss-reactive ketones (excluding diaryl/α,β-unsaturated/α-hetero) is 1. The lowest BCUT2D eigenvalue weighted by Gasteiger charge is -2.12. The van der Waals surface area contributed by atoms with Crippen LogP contribution in [0, 0.1) is 19.3 Å². The molecule has 0 radical (unpaired) electrons. The smallest absolute Gasteiger partial charge is 0.268 e. The fourth-order valence-corrected chi connectivity index (χ4v) is 3.86. The Hall–Kier alpha value is -2.73. The minimum Gasteiger partial charge on any atom is -0.302 e. The first kappa shape index (κ1) is 20.0. The van der Waals surface area contributed by atoms with Gasteiger partial charge in [0.15, 0.2) is 5.78 Å². The van der Waals surface area contributed by atoms with Crippen LogP contribution in [0.1, 0.15) is 37.7 Å². The number of rotatable bonds is 3. The van der Waals surface area contributed by atoms with Crippen LogP contribution in [-0.2, 0) is 11.8 Å². The van der Waals surface area contributed by atoms with E-state index in [2.05, 4.69) is 5.10 Å². The first-order valence-electron chi connectivity index (χ1n) is 9.15. The number of benzene rings is 1. The van der Waals surface area contributed by atoms with Crippen LogP contribution in [0.15, 0.2) is 35.1 Å². The van der Waals surface area contributed by atoms with E-state index in [0.717, 1.165) is 22.6 Å². The van der Waals surface area contributed by atoms with Gasteiger partial charge in [-0.05, 0) is 32.1 Å². The Balaban J connectivity index is 2.15. The molecule has 0 saturated heterocycles. The number of nitrogens with zero attached hydrogens (tertiary/aromatic N) is 3. The largest absolute Gasteiger partial charge is 0.302 e. The van der Waals surface area contributed by atoms with E-state index in [1.165, 1.54) is 15.9 Å². The first-order chi connectivity index (χ1) is 13.1. The van der Waals surface area contributed by atoms with Gasteiger partial charge in [-0.3, -0.25) is 9.59 Å². The van der Waals surface area contributed by atoms with Crippen molar-refractivity contribution in [2.45, 2.75) is 34.6 Å². The molecule has 0 aliphatic heterocycles. The lowest BCUT2D eigenvalue weighted by Crippen LogP contribution is -2.30. The molecule has 0 atom stereocenters. The number of hydrogen-bond donors (Lipinski definition) is 0. The summed E-state index contributed by atoms with van der Waals surface area (Å²) in [5.74, 6) is 0.000147. The van der Waals surface area contributed by atoms with Crippen molar-refractivity contribution in [3.63, 3.8) is 0 Å². The average Bonchev–Trinajstić information content (AvgIpc) is 3.07. The molecule has 0 aliphatic rings.